The maximum absolute atomic E-state index is 13.0. The van der Waals surface area contributed by atoms with Crippen molar-refractivity contribution in [2.45, 2.75) is 11.4 Å². The molecular formula is C11H11FN2O2S2. The monoisotopic (exact) mass is 286 g/mol. The third kappa shape index (κ3) is 2.87. The zero-order valence-electron chi connectivity index (χ0n) is 9.26. The van der Waals surface area contributed by atoms with E-state index in [1.54, 1.807) is 0 Å². The van der Waals surface area contributed by atoms with Crippen LogP contribution in [0, 0.1) is 5.82 Å². The average molecular weight is 286 g/mol. The molecule has 4 nitrogen and oxygen atoms in total. The number of rotatable bonds is 4. The van der Waals surface area contributed by atoms with Crippen LogP contribution in [0.3, 0.4) is 0 Å². The Hall–Kier alpha value is -1.44. The number of hydrogen-bond donors (Lipinski definition) is 2. The largest absolute Gasteiger partial charge is 0.396 e. The zero-order valence-corrected chi connectivity index (χ0v) is 10.9. The van der Waals surface area contributed by atoms with Crippen LogP contribution in [0.4, 0.5) is 10.1 Å². The van der Waals surface area contributed by atoms with Gasteiger partial charge >= 0.3 is 0 Å². The van der Waals surface area contributed by atoms with Crippen LogP contribution in [-0.2, 0) is 16.6 Å². The van der Waals surface area contributed by atoms with Crippen molar-refractivity contribution >= 4 is 27.0 Å². The van der Waals surface area contributed by atoms with Gasteiger partial charge in [0, 0.05) is 6.54 Å². The van der Waals surface area contributed by atoms with Crippen LogP contribution in [-0.4, -0.2) is 8.42 Å². The lowest BCUT2D eigenvalue weighted by Crippen LogP contribution is -2.23. The van der Waals surface area contributed by atoms with Crippen LogP contribution >= 0.6 is 11.3 Å². The number of thiophene rings is 1. The molecule has 0 saturated heterocycles. The summed E-state index contributed by atoms with van der Waals surface area (Å²) in [5.74, 6) is -0.633. The third-order valence-electron chi connectivity index (χ3n) is 2.32. The van der Waals surface area contributed by atoms with Gasteiger partial charge in [-0.25, -0.2) is 17.5 Å². The number of nitrogens with one attached hydrogen (secondary N) is 1. The molecule has 0 radical (unpaired) electrons. The van der Waals surface area contributed by atoms with E-state index in [4.69, 9.17) is 5.73 Å². The summed E-state index contributed by atoms with van der Waals surface area (Å²) in [5.41, 5.74) is 6.03. The fourth-order valence-corrected chi connectivity index (χ4v) is 3.07. The van der Waals surface area contributed by atoms with Crippen molar-refractivity contribution in [2.24, 2.45) is 0 Å². The van der Waals surface area contributed by atoms with E-state index in [1.807, 2.05) is 16.8 Å². The van der Waals surface area contributed by atoms with Gasteiger partial charge in [-0.2, -0.15) is 11.3 Å². The number of sulfonamides is 1. The smallest absolute Gasteiger partial charge is 0.240 e. The molecule has 2 rings (SSSR count). The van der Waals surface area contributed by atoms with Crippen LogP contribution in [0.5, 0.6) is 0 Å². The fraction of sp³-hybridized carbons (Fsp3) is 0.0909. The molecule has 0 aliphatic carbocycles. The Labute approximate surface area is 108 Å². The van der Waals surface area contributed by atoms with Crippen molar-refractivity contribution < 1.29 is 12.8 Å². The lowest BCUT2D eigenvalue weighted by atomic mass is 10.3. The molecule has 0 aliphatic rings. The van der Waals surface area contributed by atoms with Crippen molar-refractivity contribution in [3.8, 4) is 0 Å². The summed E-state index contributed by atoms with van der Waals surface area (Å²) in [7, 11) is -3.67. The molecule has 1 heterocycles. The minimum atomic E-state index is -3.67. The van der Waals surface area contributed by atoms with Gasteiger partial charge < -0.3 is 5.73 Å². The number of anilines is 1. The summed E-state index contributed by atoms with van der Waals surface area (Å²) in [6, 6.07) is 5.15. The highest BCUT2D eigenvalue weighted by atomic mass is 32.2. The molecular weight excluding hydrogens is 275 g/mol. The highest BCUT2D eigenvalue weighted by Gasteiger charge is 2.15. The topological polar surface area (TPSA) is 72.2 Å². The Kier molecular flexibility index (Phi) is 3.65. The first kappa shape index (κ1) is 13.0. The van der Waals surface area contributed by atoms with Gasteiger partial charge in [-0.15, -0.1) is 0 Å². The minimum Gasteiger partial charge on any atom is -0.396 e. The lowest BCUT2D eigenvalue weighted by molar-refractivity contribution is 0.580. The normalized spacial score (nSPS) is 11.6. The van der Waals surface area contributed by atoms with Crippen molar-refractivity contribution in [1.29, 1.82) is 0 Å². The molecule has 0 unspecified atom stereocenters. The van der Waals surface area contributed by atoms with Crippen molar-refractivity contribution in [3.63, 3.8) is 0 Å². The van der Waals surface area contributed by atoms with Gasteiger partial charge in [0.15, 0.2) is 0 Å². The molecule has 0 amide bonds. The maximum Gasteiger partial charge on any atom is 0.240 e. The first-order valence-electron chi connectivity index (χ1n) is 5.05. The van der Waals surface area contributed by atoms with E-state index in [0.29, 0.717) is 0 Å². The molecule has 3 N–H and O–H groups in total. The van der Waals surface area contributed by atoms with Gasteiger partial charge in [-0.1, -0.05) is 0 Å². The van der Waals surface area contributed by atoms with E-state index in [-0.39, 0.29) is 17.1 Å². The van der Waals surface area contributed by atoms with Gasteiger partial charge in [0.2, 0.25) is 10.0 Å². The summed E-state index contributed by atoms with van der Waals surface area (Å²) in [5, 5.41) is 3.71. The predicted octanol–water partition coefficient (Wildman–Crippen LogP) is 1.95. The Morgan fingerprint density at radius 2 is 2.11 bits per heavy atom. The highest BCUT2D eigenvalue weighted by Crippen LogP contribution is 2.17. The van der Waals surface area contributed by atoms with E-state index >= 15 is 0 Å². The number of halogens is 1. The number of nitrogens with two attached hydrogens (primary N) is 1. The van der Waals surface area contributed by atoms with Crippen molar-refractivity contribution in [3.05, 3.63) is 46.4 Å². The van der Waals surface area contributed by atoms with E-state index in [0.717, 1.165) is 17.7 Å². The predicted molar refractivity (Wildman–Crippen MR) is 69.2 cm³/mol. The van der Waals surface area contributed by atoms with Crippen LogP contribution < -0.4 is 10.5 Å². The molecule has 96 valence electrons. The van der Waals surface area contributed by atoms with E-state index in [2.05, 4.69) is 4.72 Å². The summed E-state index contributed by atoms with van der Waals surface area (Å²) in [6.45, 7) is 0.198. The molecule has 1 aromatic carbocycles. The first-order valence-corrected chi connectivity index (χ1v) is 7.47. The van der Waals surface area contributed by atoms with Crippen molar-refractivity contribution in [1.82, 2.24) is 4.72 Å². The molecule has 1 aromatic heterocycles. The molecule has 0 atom stereocenters. The molecule has 7 heteroatoms. The number of benzene rings is 1. The van der Waals surface area contributed by atoms with Gasteiger partial charge in [-0.05, 0) is 40.6 Å². The summed E-state index contributed by atoms with van der Waals surface area (Å²) in [6.07, 6.45) is 0. The Morgan fingerprint density at radius 1 is 1.33 bits per heavy atom. The zero-order chi connectivity index (χ0) is 13.2. The summed E-state index contributed by atoms with van der Waals surface area (Å²) >= 11 is 1.49. The van der Waals surface area contributed by atoms with Crippen LogP contribution in [0.25, 0.3) is 0 Å². The average Bonchev–Trinajstić information content (AvgIpc) is 2.83. The lowest BCUT2D eigenvalue weighted by Gasteiger charge is -2.06. The second kappa shape index (κ2) is 5.05. The molecule has 0 bridgehead atoms. The highest BCUT2D eigenvalue weighted by molar-refractivity contribution is 7.89. The van der Waals surface area contributed by atoms with E-state index in [9.17, 15) is 12.8 Å². The third-order valence-corrected chi connectivity index (χ3v) is 4.46. The Morgan fingerprint density at radius 3 is 2.72 bits per heavy atom. The molecule has 2 aromatic rings. The first-order chi connectivity index (χ1) is 8.49. The van der Waals surface area contributed by atoms with Crippen molar-refractivity contribution in [2.75, 3.05) is 5.73 Å². The van der Waals surface area contributed by atoms with Gasteiger partial charge in [-0.3, -0.25) is 0 Å². The molecule has 18 heavy (non-hydrogen) atoms. The Balaban J connectivity index is 2.17. The molecule has 0 spiro atoms. The van der Waals surface area contributed by atoms with Crippen LogP contribution in [0.15, 0.2) is 39.9 Å². The molecule has 0 aliphatic heterocycles. The fourth-order valence-electron chi connectivity index (χ4n) is 1.34. The number of nitrogen functional groups attached to an aromatic ring is 1. The minimum absolute atomic E-state index is 0.0448. The molecule has 0 fully saturated rings. The van der Waals surface area contributed by atoms with E-state index < -0.39 is 15.8 Å². The quantitative estimate of drug-likeness (QED) is 0.844. The second-order valence-corrected chi connectivity index (χ2v) is 6.19. The Bertz CT molecular complexity index is 639. The standard InChI is InChI=1S/C11H11FN2O2S2/c12-10-2-1-9(5-11(10)13)18(15,16)14-6-8-3-4-17-7-8/h1-5,7,14H,6,13H2. The summed E-state index contributed by atoms with van der Waals surface area (Å²) in [4.78, 5) is -0.0448. The summed E-state index contributed by atoms with van der Waals surface area (Å²) < 4.78 is 39.2. The van der Waals surface area contributed by atoms with Gasteiger partial charge in [0.05, 0.1) is 10.6 Å². The SMILES string of the molecule is Nc1cc(S(=O)(=O)NCc2ccsc2)ccc1F. The van der Waals surface area contributed by atoms with Gasteiger partial charge in [0.1, 0.15) is 5.82 Å². The molecule has 0 saturated carbocycles. The van der Waals surface area contributed by atoms with Gasteiger partial charge in [0.25, 0.3) is 0 Å². The van der Waals surface area contributed by atoms with Crippen LogP contribution in [0.1, 0.15) is 5.56 Å². The second-order valence-electron chi connectivity index (χ2n) is 3.64. The number of hydrogen-bond acceptors (Lipinski definition) is 4. The van der Waals surface area contributed by atoms with E-state index in [1.165, 1.54) is 17.4 Å². The van der Waals surface area contributed by atoms with Crippen LogP contribution in [0.2, 0.25) is 0 Å². The maximum atomic E-state index is 13.0.